The largest absolute Gasteiger partial charge is 0.487 e. The van der Waals surface area contributed by atoms with Crippen molar-refractivity contribution in [3.8, 4) is 5.75 Å². The maximum atomic E-state index is 13.3. The van der Waals surface area contributed by atoms with Gasteiger partial charge in [-0.05, 0) is 31.2 Å². The van der Waals surface area contributed by atoms with Crippen molar-refractivity contribution in [2.45, 2.75) is 25.0 Å². The van der Waals surface area contributed by atoms with Crippen LogP contribution in [0.2, 0.25) is 0 Å². The lowest BCUT2D eigenvalue weighted by atomic mass is 9.91. The number of nitrogens with one attached hydrogen (secondary N) is 1. The first-order chi connectivity index (χ1) is 11.9. The molecular weight excluding hydrogens is 327 g/mol. The second kappa shape index (κ2) is 6.68. The molecule has 2 heterocycles. The number of likely N-dealkylation sites (tertiary alicyclic amines) is 1. The van der Waals surface area contributed by atoms with Crippen LogP contribution in [0.25, 0.3) is 0 Å². The fraction of sp³-hybridized carbons (Fsp3) is 0.333. The highest BCUT2D eigenvalue weighted by atomic mass is 19.1. The van der Waals surface area contributed by atoms with E-state index in [9.17, 15) is 19.1 Å². The molecule has 0 saturated carbocycles. The van der Waals surface area contributed by atoms with Crippen LogP contribution in [0.4, 0.5) is 4.39 Å². The summed E-state index contributed by atoms with van der Waals surface area (Å²) in [4.78, 5) is 28.2. The SMILES string of the molecule is C[C@]1(O)CN(C(=O)c2ccc[nH]c2=O)CC[C@@H]1Oc1cccc(F)c1. The summed E-state index contributed by atoms with van der Waals surface area (Å²) in [6.07, 6.45) is 1.22. The second-order valence-electron chi connectivity index (χ2n) is 6.35. The van der Waals surface area contributed by atoms with Gasteiger partial charge in [0.05, 0.1) is 6.54 Å². The molecule has 1 fully saturated rings. The van der Waals surface area contributed by atoms with Crippen molar-refractivity contribution >= 4 is 5.91 Å². The Morgan fingerprint density at radius 2 is 2.20 bits per heavy atom. The minimum atomic E-state index is -1.33. The third-order valence-corrected chi connectivity index (χ3v) is 4.28. The minimum Gasteiger partial charge on any atom is -0.487 e. The summed E-state index contributed by atoms with van der Waals surface area (Å²) in [6.45, 7) is 1.90. The van der Waals surface area contributed by atoms with Gasteiger partial charge in [-0.2, -0.15) is 0 Å². The zero-order chi connectivity index (χ0) is 18.0. The molecule has 0 aliphatic carbocycles. The van der Waals surface area contributed by atoms with E-state index < -0.39 is 29.0 Å². The molecule has 0 radical (unpaired) electrons. The van der Waals surface area contributed by atoms with Gasteiger partial charge in [0.2, 0.25) is 0 Å². The fourth-order valence-electron chi connectivity index (χ4n) is 2.98. The number of carbonyl (C=O) groups is 1. The summed E-state index contributed by atoms with van der Waals surface area (Å²) < 4.78 is 19.0. The molecule has 0 spiro atoms. The van der Waals surface area contributed by atoms with Gasteiger partial charge in [0, 0.05) is 25.2 Å². The van der Waals surface area contributed by atoms with E-state index in [2.05, 4.69) is 4.98 Å². The van der Waals surface area contributed by atoms with E-state index in [0.717, 1.165) is 0 Å². The number of nitrogens with zero attached hydrogens (tertiary/aromatic N) is 1. The second-order valence-corrected chi connectivity index (χ2v) is 6.35. The van der Waals surface area contributed by atoms with E-state index in [1.165, 1.54) is 35.4 Å². The van der Waals surface area contributed by atoms with Crippen LogP contribution in [0, 0.1) is 5.82 Å². The monoisotopic (exact) mass is 346 g/mol. The third-order valence-electron chi connectivity index (χ3n) is 4.28. The predicted octanol–water partition coefficient (Wildman–Crippen LogP) is 1.56. The van der Waals surface area contributed by atoms with Crippen LogP contribution in [0.1, 0.15) is 23.7 Å². The molecule has 1 aliphatic heterocycles. The van der Waals surface area contributed by atoms with Gasteiger partial charge in [0.25, 0.3) is 11.5 Å². The number of ether oxygens (including phenoxy) is 1. The van der Waals surface area contributed by atoms with E-state index >= 15 is 0 Å². The number of aromatic amines is 1. The highest BCUT2D eigenvalue weighted by Gasteiger charge is 2.41. The Balaban J connectivity index is 1.73. The molecule has 2 atom stereocenters. The lowest BCUT2D eigenvalue weighted by Gasteiger charge is -2.42. The quantitative estimate of drug-likeness (QED) is 0.884. The molecule has 1 aromatic heterocycles. The molecule has 1 aliphatic rings. The molecular formula is C18H19FN2O4. The number of benzene rings is 1. The van der Waals surface area contributed by atoms with Gasteiger partial charge < -0.3 is 19.7 Å². The van der Waals surface area contributed by atoms with Crippen LogP contribution in [0.15, 0.2) is 47.4 Å². The molecule has 25 heavy (non-hydrogen) atoms. The van der Waals surface area contributed by atoms with Crippen molar-refractivity contribution in [2.75, 3.05) is 13.1 Å². The number of amides is 1. The van der Waals surface area contributed by atoms with Crippen LogP contribution in [0.5, 0.6) is 5.75 Å². The van der Waals surface area contributed by atoms with Gasteiger partial charge in [-0.1, -0.05) is 6.07 Å². The first kappa shape index (κ1) is 17.2. The Hall–Kier alpha value is -2.67. The van der Waals surface area contributed by atoms with Crippen molar-refractivity contribution in [2.24, 2.45) is 0 Å². The van der Waals surface area contributed by atoms with Crippen LogP contribution in [0.3, 0.4) is 0 Å². The predicted molar refractivity (Wildman–Crippen MR) is 89.0 cm³/mol. The molecule has 2 aromatic rings. The highest BCUT2D eigenvalue weighted by molar-refractivity contribution is 5.93. The Bertz CT molecular complexity index is 834. The lowest BCUT2D eigenvalue weighted by molar-refractivity contribution is -0.0900. The molecule has 132 valence electrons. The Kier molecular flexibility index (Phi) is 4.59. The third kappa shape index (κ3) is 3.71. The zero-order valence-corrected chi connectivity index (χ0v) is 13.7. The van der Waals surface area contributed by atoms with E-state index in [1.54, 1.807) is 19.1 Å². The van der Waals surface area contributed by atoms with E-state index in [4.69, 9.17) is 4.74 Å². The molecule has 0 unspecified atom stereocenters. The molecule has 1 saturated heterocycles. The van der Waals surface area contributed by atoms with E-state index in [0.29, 0.717) is 18.7 Å². The highest BCUT2D eigenvalue weighted by Crippen LogP contribution is 2.27. The zero-order valence-electron chi connectivity index (χ0n) is 13.7. The van der Waals surface area contributed by atoms with Crippen molar-refractivity contribution in [1.82, 2.24) is 9.88 Å². The number of halogens is 1. The minimum absolute atomic E-state index is 0.0140. The van der Waals surface area contributed by atoms with Gasteiger partial charge in [-0.3, -0.25) is 9.59 Å². The molecule has 3 rings (SSSR count). The van der Waals surface area contributed by atoms with Crippen molar-refractivity contribution < 1.29 is 19.0 Å². The number of carbonyl (C=O) groups excluding carboxylic acids is 1. The molecule has 1 aromatic carbocycles. The first-order valence-electron chi connectivity index (χ1n) is 7.98. The number of rotatable bonds is 3. The van der Waals surface area contributed by atoms with Crippen LogP contribution in [-0.4, -0.2) is 45.7 Å². The van der Waals surface area contributed by atoms with Crippen LogP contribution in [-0.2, 0) is 0 Å². The average Bonchev–Trinajstić information content (AvgIpc) is 2.56. The summed E-state index contributed by atoms with van der Waals surface area (Å²) in [7, 11) is 0. The van der Waals surface area contributed by atoms with Crippen molar-refractivity contribution in [3.63, 3.8) is 0 Å². The van der Waals surface area contributed by atoms with Gasteiger partial charge >= 0.3 is 0 Å². The molecule has 6 nitrogen and oxygen atoms in total. The number of hydrogen-bond acceptors (Lipinski definition) is 4. The van der Waals surface area contributed by atoms with Crippen molar-refractivity contribution in [1.29, 1.82) is 0 Å². The maximum Gasteiger partial charge on any atom is 0.260 e. The fourth-order valence-corrected chi connectivity index (χ4v) is 2.98. The van der Waals surface area contributed by atoms with Gasteiger partial charge in [-0.15, -0.1) is 0 Å². The number of hydrogen-bond donors (Lipinski definition) is 2. The number of aromatic nitrogens is 1. The van der Waals surface area contributed by atoms with Crippen molar-refractivity contribution in [3.05, 3.63) is 64.3 Å². The summed E-state index contributed by atoms with van der Waals surface area (Å²) in [6, 6.07) is 8.72. The van der Waals surface area contributed by atoms with E-state index in [1.807, 2.05) is 0 Å². The smallest absolute Gasteiger partial charge is 0.260 e. The molecule has 0 bridgehead atoms. The number of H-pyrrole nitrogens is 1. The molecule has 7 heteroatoms. The maximum absolute atomic E-state index is 13.3. The van der Waals surface area contributed by atoms with Gasteiger partial charge in [0.15, 0.2) is 0 Å². The number of aliphatic hydroxyl groups is 1. The van der Waals surface area contributed by atoms with E-state index in [-0.39, 0.29) is 12.1 Å². The normalized spacial score (nSPS) is 23.3. The number of pyridine rings is 1. The molecule has 2 N–H and O–H groups in total. The van der Waals surface area contributed by atoms with Gasteiger partial charge in [-0.25, -0.2) is 4.39 Å². The average molecular weight is 346 g/mol. The number of piperidine rings is 1. The summed E-state index contributed by atoms with van der Waals surface area (Å²) in [5, 5.41) is 10.7. The Morgan fingerprint density at radius 3 is 2.88 bits per heavy atom. The van der Waals surface area contributed by atoms with Gasteiger partial charge in [0.1, 0.15) is 28.8 Å². The Morgan fingerprint density at radius 1 is 1.40 bits per heavy atom. The number of β-amino-alcohol motifs (C(OH)–C–C–N with tert-alkyl or cyclic N) is 1. The summed E-state index contributed by atoms with van der Waals surface area (Å²) in [5.74, 6) is -0.538. The summed E-state index contributed by atoms with van der Waals surface area (Å²) in [5.41, 5.74) is -1.77. The standard InChI is InChI=1S/C18H19FN2O4/c1-18(24)11-21(17(23)14-6-3-8-20-16(14)22)9-7-15(18)25-13-5-2-4-12(19)10-13/h2-6,8,10,15,24H,7,9,11H2,1H3,(H,20,22)/t15-,18-/m0/s1. The first-order valence-corrected chi connectivity index (χ1v) is 7.98. The summed E-state index contributed by atoms with van der Waals surface area (Å²) >= 11 is 0. The lowest BCUT2D eigenvalue weighted by Crippen LogP contribution is -2.58. The topological polar surface area (TPSA) is 82.6 Å². The van der Waals surface area contributed by atoms with Crippen LogP contribution >= 0.6 is 0 Å². The van der Waals surface area contributed by atoms with Crippen LogP contribution < -0.4 is 10.3 Å². The molecule has 1 amide bonds. The Labute approximate surface area is 143 Å².